The van der Waals surface area contributed by atoms with Crippen molar-refractivity contribution in [1.82, 2.24) is 15.0 Å². The van der Waals surface area contributed by atoms with Crippen LogP contribution in [0.3, 0.4) is 0 Å². The number of benzene rings is 3. The van der Waals surface area contributed by atoms with Crippen LogP contribution < -0.4 is 10.1 Å². The lowest BCUT2D eigenvalue weighted by atomic mass is 10.2. The van der Waals surface area contributed by atoms with Crippen LogP contribution in [0.5, 0.6) is 5.75 Å². The van der Waals surface area contributed by atoms with Gasteiger partial charge in [-0.2, -0.15) is 4.80 Å². The standard InChI is InChI=1S/C22H19ClN4O2/c1-2-11-29-19-8-3-5-15(12-19)22(28)24-17-9-10-20-21(14-17)26-27(25-20)18-7-4-6-16(23)13-18/h3-10,12-14H,2,11H2,1H3,(H,24,28). The monoisotopic (exact) mass is 406 g/mol. The zero-order valence-electron chi connectivity index (χ0n) is 15.8. The van der Waals surface area contributed by atoms with E-state index in [0.717, 1.165) is 17.6 Å². The maximum Gasteiger partial charge on any atom is 0.255 e. The number of nitrogens with zero attached hydrogens (tertiary/aromatic N) is 3. The molecule has 0 atom stereocenters. The summed E-state index contributed by atoms with van der Waals surface area (Å²) in [5.41, 5.74) is 3.32. The highest BCUT2D eigenvalue weighted by Crippen LogP contribution is 2.20. The number of fused-ring (bicyclic) bond motifs is 1. The molecule has 0 aliphatic rings. The van der Waals surface area contributed by atoms with Gasteiger partial charge in [0.05, 0.1) is 12.3 Å². The molecule has 0 spiro atoms. The molecule has 0 aliphatic carbocycles. The summed E-state index contributed by atoms with van der Waals surface area (Å²) < 4.78 is 5.60. The highest BCUT2D eigenvalue weighted by molar-refractivity contribution is 6.30. The van der Waals surface area contributed by atoms with Gasteiger partial charge in [0.1, 0.15) is 16.8 Å². The van der Waals surface area contributed by atoms with Gasteiger partial charge in [-0.25, -0.2) is 0 Å². The molecule has 1 heterocycles. The molecule has 6 nitrogen and oxygen atoms in total. The van der Waals surface area contributed by atoms with Crippen LogP contribution >= 0.6 is 11.6 Å². The van der Waals surface area contributed by atoms with E-state index in [1.54, 1.807) is 42.5 Å². The zero-order chi connectivity index (χ0) is 20.2. The lowest BCUT2D eigenvalue weighted by molar-refractivity contribution is 0.102. The first-order valence-corrected chi connectivity index (χ1v) is 9.67. The molecule has 146 valence electrons. The molecule has 4 aromatic rings. The second-order valence-corrected chi connectivity index (χ2v) is 6.94. The molecule has 0 radical (unpaired) electrons. The van der Waals surface area contributed by atoms with Crippen LogP contribution in [0.4, 0.5) is 5.69 Å². The second-order valence-electron chi connectivity index (χ2n) is 6.50. The largest absolute Gasteiger partial charge is 0.494 e. The molecule has 0 saturated carbocycles. The molecular weight excluding hydrogens is 388 g/mol. The topological polar surface area (TPSA) is 69.0 Å². The fourth-order valence-corrected chi connectivity index (χ4v) is 3.04. The third-order valence-electron chi connectivity index (χ3n) is 4.25. The van der Waals surface area contributed by atoms with Gasteiger partial charge in [-0.15, -0.1) is 10.2 Å². The van der Waals surface area contributed by atoms with E-state index >= 15 is 0 Å². The van der Waals surface area contributed by atoms with Gasteiger partial charge in [0.2, 0.25) is 0 Å². The second kappa shape index (κ2) is 8.32. The number of amides is 1. The summed E-state index contributed by atoms with van der Waals surface area (Å²) in [6, 6.07) is 19.8. The quantitative estimate of drug-likeness (QED) is 0.482. The summed E-state index contributed by atoms with van der Waals surface area (Å²) in [6.45, 7) is 2.65. The molecule has 29 heavy (non-hydrogen) atoms. The molecule has 0 saturated heterocycles. The van der Waals surface area contributed by atoms with Gasteiger partial charge in [0, 0.05) is 16.3 Å². The molecule has 0 aliphatic heterocycles. The molecule has 0 bridgehead atoms. The Labute approximate surface area is 173 Å². The Kier molecular flexibility index (Phi) is 5.44. The van der Waals surface area contributed by atoms with Gasteiger partial charge in [0.15, 0.2) is 0 Å². The van der Waals surface area contributed by atoms with Crippen LogP contribution in [0.15, 0.2) is 66.7 Å². The lowest BCUT2D eigenvalue weighted by Crippen LogP contribution is -2.12. The van der Waals surface area contributed by atoms with Crippen molar-refractivity contribution in [1.29, 1.82) is 0 Å². The van der Waals surface area contributed by atoms with Crippen LogP contribution in [-0.4, -0.2) is 27.5 Å². The minimum atomic E-state index is -0.214. The number of rotatable bonds is 6. The van der Waals surface area contributed by atoms with Crippen molar-refractivity contribution in [2.45, 2.75) is 13.3 Å². The Balaban J connectivity index is 1.55. The molecule has 4 rings (SSSR count). The predicted octanol–water partition coefficient (Wildman–Crippen LogP) is 5.12. The van der Waals surface area contributed by atoms with Gasteiger partial charge in [-0.1, -0.05) is 30.7 Å². The van der Waals surface area contributed by atoms with Crippen LogP contribution in [0, 0.1) is 0 Å². The smallest absolute Gasteiger partial charge is 0.255 e. The van der Waals surface area contributed by atoms with Gasteiger partial charge in [-0.3, -0.25) is 4.79 Å². The van der Waals surface area contributed by atoms with Crippen LogP contribution in [-0.2, 0) is 0 Å². The average molecular weight is 407 g/mol. The highest BCUT2D eigenvalue weighted by Gasteiger charge is 2.10. The van der Waals surface area contributed by atoms with Gasteiger partial charge in [-0.05, 0) is 61.0 Å². The number of ether oxygens (including phenoxy) is 1. The van der Waals surface area contributed by atoms with Crippen molar-refractivity contribution in [2.24, 2.45) is 0 Å². The van der Waals surface area contributed by atoms with Crippen molar-refractivity contribution < 1.29 is 9.53 Å². The van der Waals surface area contributed by atoms with Crippen LogP contribution in [0.2, 0.25) is 5.02 Å². The number of hydrogen-bond donors (Lipinski definition) is 1. The Morgan fingerprint density at radius 2 is 1.86 bits per heavy atom. The highest BCUT2D eigenvalue weighted by atomic mass is 35.5. The molecular formula is C22H19ClN4O2. The Morgan fingerprint density at radius 1 is 1.03 bits per heavy atom. The first-order valence-electron chi connectivity index (χ1n) is 9.29. The predicted molar refractivity (Wildman–Crippen MR) is 114 cm³/mol. The normalized spacial score (nSPS) is 10.8. The maximum atomic E-state index is 12.6. The van der Waals surface area contributed by atoms with Crippen molar-refractivity contribution in [3.8, 4) is 11.4 Å². The van der Waals surface area contributed by atoms with E-state index in [1.165, 1.54) is 4.80 Å². The zero-order valence-corrected chi connectivity index (χ0v) is 16.6. The minimum Gasteiger partial charge on any atom is -0.494 e. The van der Waals surface area contributed by atoms with Gasteiger partial charge < -0.3 is 10.1 Å². The van der Waals surface area contributed by atoms with E-state index in [1.807, 2.05) is 31.2 Å². The van der Waals surface area contributed by atoms with Crippen molar-refractivity contribution in [3.63, 3.8) is 0 Å². The third-order valence-corrected chi connectivity index (χ3v) is 4.48. The first kappa shape index (κ1) is 19.0. The van der Waals surface area contributed by atoms with Crippen molar-refractivity contribution in [3.05, 3.63) is 77.3 Å². The maximum absolute atomic E-state index is 12.6. The Hall–Kier alpha value is -3.38. The molecule has 7 heteroatoms. The van der Waals surface area contributed by atoms with E-state index in [9.17, 15) is 4.79 Å². The number of halogens is 1. The fourth-order valence-electron chi connectivity index (χ4n) is 2.86. The number of aromatic nitrogens is 3. The number of hydrogen-bond acceptors (Lipinski definition) is 4. The molecule has 1 amide bonds. The minimum absolute atomic E-state index is 0.214. The molecule has 0 unspecified atom stereocenters. The number of carbonyl (C=O) groups is 1. The van der Waals surface area contributed by atoms with Crippen LogP contribution in [0.25, 0.3) is 16.7 Å². The van der Waals surface area contributed by atoms with Gasteiger partial charge >= 0.3 is 0 Å². The lowest BCUT2D eigenvalue weighted by Gasteiger charge is -2.08. The number of carbonyl (C=O) groups excluding carboxylic acids is 1. The average Bonchev–Trinajstić information content (AvgIpc) is 3.16. The molecule has 0 fully saturated rings. The van der Waals surface area contributed by atoms with E-state index in [4.69, 9.17) is 16.3 Å². The SMILES string of the molecule is CCCOc1cccc(C(=O)Nc2ccc3nn(-c4cccc(Cl)c4)nc3c2)c1. The molecule has 1 N–H and O–H groups in total. The number of nitrogens with one attached hydrogen (secondary N) is 1. The van der Waals surface area contributed by atoms with E-state index < -0.39 is 0 Å². The Morgan fingerprint density at radius 3 is 2.69 bits per heavy atom. The summed E-state index contributed by atoms with van der Waals surface area (Å²) in [5.74, 6) is 0.466. The third kappa shape index (κ3) is 4.38. The van der Waals surface area contributed by atoms with Gasteiger partial charge in [0.25, 0.3) is 5.91 Å². The summed E-state index contributed by atoms with van der Waals surface area (Å²) in [7, 11) is 0. The summed E-state index contributed by atoms with van der Waals surface area (Å²) in [5, 5.41) is 12.5. The number of anilines is 1. The van der Waals surface area contributed by atoms with Crippen molar-refractivity contribution >= 4 is 34.2 Å². The van der Waals surface area contributed by atoms with E-state index in [0.29, 0.717) is 34.1 Å². The Bertz CT molecular complexity index is 1170. The van der Waals surface area contributed by atoms with Crippen LogP contribution in [0.1, 0.15) is 23.7 Å². The fraction of sp³-hybridized carbons (Fsp3) is 0.136. The summed E-state index contributed by atoms with van der Waals surface area (Å²) in [4.78, 5) is 14.1. The summed E-state index contributed by atoms with van der Waals surface area (Å²) in [6.07, 6.45) is 0.909. The first-order chi connectivity index (χ1) is 14.1. The molecule has 1 aromatic heterocycles. The van der Waals surface area contributed by atoms with E-state index in [2.05, 4.69) is 15.5 Å². The molecule has 3 aromatic carbocycles. The van der Waals surface area contributed by atoms with Crippen molar-refractivity contribution in [2.75, 3.05) is 11.9 Å². The van der Waals surface area contributed by atoms with E-state index in [-0.39, 0.29) is 5.91 Å². The summed E-state index contributed by atoms with van der Waals surface area (Å²) >= 11 is 6.05.